The third-order valence-corrected chi connectivity index (χ3v) is 7.66. The maximum Gasteiger partial charge on any atom is 0.226 e. The third kappa shape index (κ3) is 5.20. The summed E-state index contributed by atoms with van der Waals surface area (Å²) in [7, 11) is 0. The number of carbonyl (C=O) groups excluding carboxylic acids is 2. The minimum absolute atomic E-state index is 0.0137. The van der Waals surface area contributed by atoms with Gasteiger partial charge >= 0.3 is 0 Å². The molecule has 2 heterocycles. The van der Waals surface area contributed by atoms with Crippen molar-refractivity contribution in [3.8, 4) is 6.07 Å². The zero-order valence-electron chi connectivity index (χ0n) is 18.7. The Bertz CT molecular complexity index is 1010. The molecule has 0 unspecified atom stereocenters. The highest BCUT2D eigenvalue weighted by Crippen LogP contribution is 2.37. The maximum atomic E-state index is 12.6. The highest BCUT2D eigenvalue weighted by atomic mass is 32.1. The third-order valence-electron chi connectivity index (χ3n) is 6.45. The molecule has 1 saturated heterocycles. The molecular weight excluding hydrogens is 420 g/mol. The first-order valence-electron chi connectivity index (χ1n) is 11.5. The molecule has 1 fully saturated rings. The van der Waals surface area contributed by atoms with Crippen LogP contribution in [0.15, 0.2) is 24.3 Å². The number of benzene rings is 1. The van der Waals surface area contributed by atoms with Crippen LogP contribution >= 0.6 is 11.3 Å². The van der Waals surface area contributed by atoms with Gasteiger partial charge in [0.1, 0.15) is 11.1 Å². The van der Waals surface area contributed by atoms with Gasteiger partial charge in [-0.15, -0.1) is 11.3 Å². The van der Waals surface area contributed by atoms with Crippen LogP contribution in [-0.2, 0) is 17.6 Å². The van der Waals surface area contributed by atoms with E-state index in [1.165, 1.54) is 17.7 Å². The van der Waals surface area contributed by atoms with Gasteiger partial charge in [0.05, 0.1) is 5.56 Å². The van der Waals surface area contributed by atoms with Crippen molar-refractivity contribution < 1.29 is 9.59 Å². The first-order valence-corrected chi connectivity index (χ1v) is 12.3. The van der Waals surface area contributed by atoms with Gasteiger partial charge in [-0.3, -0.25) is 14.5 Å². The zero-order valence-corrected chi connectivity index (χ0v) is 19.5. The van der Waals surface area contributed by atoms with Crippen LogP contribution < -0.4 is 10.2 Å². The fourth-order valence-electron chi connectivity index (χ4n) is 4.53. The molecule has 0 spiro atoms. The van der Waals surface area contributed by atoms with E-state index < -0.39 is 0 Å². The Morgan fingerprint density at radius 1 is 1.06 bits per heavy atom. The Morgan fingerprint density at radius 2 is 1.78 bits per heavy atom. The van der Waals surface area contributed by atoms with E-state index in [-0.39, 0.29) is 11.7 Å². The number of anilines is 2. The molecule has 1 aliphatic heterocycles. The quantitative estimate of drug-likeness (QED) is 0.526. The van der Waals surface area contributed by atoms with Crippen LogP contribution in [0.5, 0.6) is 0 Å². The monoisotopic (exact) mass is 450 g/mol. The van der Waals surface area contributed by atoms with E-state index in [1.54, 1.807) is 18.3 Å². The average molecular weight is 451 g/mol. The number of nitrogens with one attached hydrogen (secondary N) is 1. The van der Waals surface area contributed by atoms with Crippen molar-refractivity contribution in [3.05, 3.63) is 45.8 Å². The van der Waals surface area contributed by atoms with Crippen molar-refractivity contribution in [2.45, 2.75) is 45.4 Å². The lowest BCUT2D eigenvalue weighted by atomic mass is 10.1. The first-order chi connectivity index (χ1) is 15.5. The highest BCUT2D eigenvalue weighted by Gasteiger charge is 2.22. The topological polar surface area (TPSA) is 76.4 Å². The summed E-state index contributed by atoms with van der Waals surface area (Å²) >= 11 is 1.59. The largest absolute Gasteiger partial charge is 0.369 e. The van der Waals surface area contributed by atoms with Gasteiger partial charge in [-0.2, -0.15) is 5.26 Å². The van der Waals surface area contributed by atoms with Gasteiger partial charge in [0, 0.05) is 55.3 Å². The molecule has 1 aliphatic carbocycles. The molecule has 2 aromatic rings. The van der Waals surface area contributed by atoms with Gasteiger partial charge in [0.2, 0.25) is 5.91 Å². The fourth-order valence-corrected chi connectivity index (χ4v) is 5.79. The molecule has 1 N–H and O–H groups in total. The van der Waals surface area contributed by atoms with Crippen molar-refractivity contribution in [2.75, 3.05) is 42.9 Å². The van der Waals surface area contributed by atoms with Gasteiger partial charge in [-0.1, -0.05) is 6.42 Å². The number of ketones is 1. The van der Waals surface area contributed by atoms with E-state index in [0.717, 1.165) is 73.8 Å². The van der Waals surface area contributed by atoms with Crippen molar-refractivity contribution >= 4 is 33.7 Å². The number of nitrogens with zero attached hydrogens (tertiary/aromatic N) is 3. The number of rotatable bonds is 6. The predicted molar refractivity (Wildman–Crippen MR) is 129 cm³/mol. The summed E-state index contributed by atoms with van der Waals surface area (Å²) in [6.07, 6.45) is 5.90. The summed E-state index contributed by atoms with van der Waals surface area (Å²) in [5.74, 6) is 0.0694. The van der Waals surface area contributed by atoms with Gasteiger partial charge in [-0.25, -0.2) is 0 Å². The Labute approximate surface area is 193 Å². The number of carbonyl (C=O) groups is 2. The molecule has 0 radical (unpaired) electrons. The van der Waals surface area contributed by atoms with E-state index in [1.807, 2.05) is 24.3 Å². The van der Waals surface area contributed by atoms with Crippen molar-refractivity contribution in [3.63, 3.8) is 0 Å². The summed E-state index contributed by atoms with van der Waals surface area (Å²) in [6, 6.07) is 10.1. The van der Waals surface area contributed by atoms with E-state index in [0.29, 0.717) is 12.0 Å². The van der Waals surface area contributed by atoms with E-state index in [2.05, 4.69) is 21.2 Å². The van der Waals surface area contributed by atoms with Crippen LogP contribution in [0, 0.1) is 11.3 Å². The lowest BCUT2D eigenvalue weighted by Gasteiger charge is -2.36. The second-order valence-corrected chi connectivity index (χ2v) is 9.72. The Balaban J connectivity index is 1.26. The number of aryl methyl sites for hydroxylation is 1. The van der Waals surface area contributed by atoms with Crippen LogP contribution in [0.4, 0.5) is 10.7 Å². The standard InChI is InChI=1S/C25H30N4O2S/c1-18(30)19-7-9-20(10-8-19)29-15-13-28(14-16-29)12-11-24(31)27-25-22(17-26)21-5-3-2-4-6-23(21)32-25/h7-10H,2-6,11-16H2,1H3,(H,27,31). The van der Waals surface area contributed by atoms with Crippen LogP contribution in [0.25, 0.3) is 0 Å². The average Bonchev–Trinajstić information content (AvgIpc) is 2.96. The minimum atomic E-state index is -0.0137. The number of amides is 1. The second kappa shape index (κ2) is 10.3. The predicted octanol–water partition coefficient (Wildman–Crippen LogP) is 4.24. The Morgan fingerprint density at radius 3 is 2.47 bits per heavy atom. The second-order valence-electron chi connectivity index (χ2n) is 8.61. The Hall–Kier alpha value is -2.69. The summed E-state index contributed by atoms with van der Waals surface area (Å²) in [6.45, 7) is 5.90. The zero-order chi connectivity index (χ0) is 22.5. The van der Waals surface area contributed by atoms with Gasteiger partial charge < -0.3 is 10.2 Å². The summed E-state index contributed by atoms with van der Waals surface area (Å²) in [4.78, 5) is 30.0. The molecule has 1 amide bonds. The normalized spacial score (nSPS) is 16.7. The molecule has 32 heavy (non-hydrogen) atoms. The lowest BCUT2D eigenvalue weighted by molar-refractivity contribution is -0.116. The summed E-state index contributed by atoms with van der Waals surface area (Å²) in [5, 5.41) is 13.4. The van der Waals surface area contributed by atoms with E-state index in [9.17, 15) is 14.9 Å². The van der Waals surface area contributed by atoms with Gasteiger partial charge in [-0.05, 0) is 62.4 Å². The molecule has 1 aromatic heterocycles. The minimum Gasteiger partial charge on any atom is -0.369 e. The van der Waals surface area contributed by atoms with Gasteiger partial charge in [0.15, 0.2) is 5.78 Å². The molecule has 1 aromatic carbocycles. The number of thiophene rings is 1. The summed E-state index contributed by atoms with van der Waals surface area (Å²) in [5.41, 5.74) is 3.72. The van der Waals surface area contributed by atoms with Gasteiger partial charge in [0.25, 0.3) is 0 Å². The maximum absolute atomic E-state index is 12.6. The first kappa shape index (κ1) is 22.5. The number of Topliss-reactive ketones (excluding diaryl/α,β-unsaturated/α-hetero) is 1. The number of hydrogen-bond donors (Lipinski definition) is 1. The van der Waals surface area contributed by atoms with Crippen molar-refractivity contribution in [1.82, 2.24) is 4.90 Å². The SMILES string of the molecule is CC(=O)c1ccc(N2CCN(CCC(=O)Nc3sc4c(c3C#N)CCCCC4)CC2)cc1. The summed E-state index contributed by atoms with van der Waals surface area (Å²) < 4.78 is 0. The van der Waals surface area contributed by atoms with Crippen molar-refractivity contribution in [2.24, 2.45) is 0 Å². The highest BCUT2D eigenvalue weighted by molar-refractivity contribution is 7.16. The van der Waals surface area contributed by atoms with E-state index >= 15 is 0 Å². The lowest BCUT2D eigenvalue weighted by Crippen LogP contribution is -2.47. The molecule has 0 bridgehead atoms. The van der Waals surface area contributed by atoms with Crippen LogP contribution in [-0.4, -0.2) is 49.3 Å². The number of hydrogen-bond acceptors (Lipinski definition) is 6. The smallest absolute Gasteiger partial charge is 0.226 e. The molecule has 2 aliphatic rings. The van der Waals surface area contributed by atoms with Crippen LogP contribution in [0.2, 0.25) is 0 Å². The molecular formula is C25H30N4O2S. The molecule has 7 heteroatoms. The number of fused-ring (bicyclic) bond motifs is 1. The van der Waals surface area contributed by atoms with Crippen LogP contribution in [0.3, 0.4) is 0 Å². The van der Waals surface area contributed by atoms with E-state index in [4.69, 9.17) is 0 Å². The molecule has 0 saturated carbocycles. The fraction of sp³-hybridized carbons (Fsp3) is 0.480. The molecule has 4 rings (SSSR count). The number of nitriles is 1. The molecule has 168 valence electrons. The molecule has 0 atom stereocenters. The molecule has 6 nitrogen and oxygen atoms in total. The number of piperazine rings is 1. The van der Waals surface area contributed by atoms with Crippen molar-refractivity contribution in [1.29, 1.82) is 5.26 Å². The van der Waals surface area contributed by atoms with Crippen LogP contribution in [0.1, 0.15) is 59.0 Å². The Kier molecular flexibility index (Phi) is 7.23.